The molecule has 1 amide bonds. The van der Waals surface area contributed by atoms with Gasteiger partial charge in [-0.1, -0.05) is 12.1 Å². The molecule has 1 atom stereocenters. The Kier molecular flexibility index (Phi) is 7.35. The van der Waals surface area contributed by atoms with Crippen molar-refractivity contribution in [3.8, 4) is 0 Å². The van der Waals surface area contributed by atoms with E-state index in [0.29, 0.717) is 37.6 Å². The van der Waals surface area contributed by atoms with E-state index in [1.807, 2.05) is 9.80 Å². The number of carbonyl (C=O) groups is 1. The smallest absolute Gasteiger partial charge is 0.369 e. The summed E-state index contributed by atoms with van der Waals surface area (Å²) in [6.45, 7) is 3.71. The van der Waals surface area contributed by atoms with Gasteiger partial charge in [0.15, 0.2) is 0 Å². The molecule has 33 heavy (non-hydrogen) atoms. The minimum absolute atomic E-state index is 0.0765. The second-order valence-electron chi connectivity index (χ2n) is 8.05. The monoisotopic (exact) mass is 484 g/mol. The first kappa shape index (κ1) is 25.0. The van der Waals surface area contributed by atoms with E-state index in [1.165, 1.54) is 32.3 Å². The highest BCUT2D eigenvalue weighted by atomic mass is 32.2. The van der Waals surface area contributed by atoms with Crippen LogP contribution in [0, 0.1) is 0 Å². The third-order valence-electron chi connectivity index (χ3n) is 5.66. The molecule has 1 aliphatic heterocycles. The molecule has 2 aromatic carbocycles. The van der Waals surface area contributed by atoms with Crippen LogP contribution in [0.2, 0.25) is 0 Å². The van der Waals surface area contributed by atoms with Crippen molar-refractivity contribution in [1.29, 1.82) is 0 Å². The molecule has 7 nitrogen and oxygen atoms in total. The van der Waals surface area contributed by atoms with Crippen molar-refractivity contribution in [2.45, 2.75) is 24.0 Å². The highest BCUT2D eigenvalue weighted by Gasteiger charge is 2.31. The average Bonchev–Trinajstić information content (AvgIpc) is 2.78. The predicted molar refractivity (Wildman–Crippen MR) is 121 cm³/mol. The van der Waals surface area contributed by atoms with Gasteiger partial charge in [-0.15, -0.1) is 0 Å². The first-order chi connectivity index (χ1) is 15.4. The van der Waals surface area contributed by atoms with Gasteiger partial charge in [0.2, 0.25) is 15.9 Å². The van der Waals surface area contributed by atoms with E-state index in [2.05, 4.69) is 5.32 Å². The van der Waals surface area contributed by atoms with Crippen molar-refractivity contribution in [2.75, 3.05) is 50.5 Å². The number of hydrogen-bond donors (Lipinski definition) is 1. The fraction of sp³-hybridized carbons (Fsp3) is 0.409. The largest absolute Gasteiger partial charge is 0.416 e. The molecule has 0 aliphatic carbocycles. The van der Waals surface area contributed by atoms with Crippen LogP contribution in [0.5, 0.6) is 0 Å². The molecule has 0 spiro atoms. The number of amides is 1. The van der Waals surface area contributed by atoms with Crippen molar-refractivity contribution >= 4 is 27.3 Å². The maximum atomic E-state index is 13.0. The summed E-state index contributed by atoms with van der Waals surface area (Å²) < 4.78 is 64.7. The molecule has 2 aromatic rings. The van der Waals surface area contributed by atoms with E-state index in [-0.39, 0.29) is 10.8 Å². The lowest BCUT2D eigenvalue weighted by Crippen LogP contribution is -2.52. The van der Waals surface area contributed by atoms with Crippen molar-refractivity contribution in [3.05, 3.63) is 54.1 Å². The summed E-state index contributed by atoms with van der Waals surface area (Å²) in [5.74, 6) is -0.290. The lowest BCUT2D eigenvalue weighted by Gasteiger charge is -2.38. The van der Waals surface area contributed by atoms with Crippen molar-refractivity contribution < 1.29 is 26.4 Å². The van der Waals surface area contributed by atoms with E-state index < -0.39 is 27.8 Å². The standard InChI is InChI=1S/C22H27F3N4O3S/c1-16(21(30)26-18-7-5-9-20(15-18)33(31,32)27(2)3)28-10-12-29(13-11-28)19-8-4-6-17(14-19)22(23,24)25/h4-9,14-16H,10-13H2,1-3H3,(H,26,30). The van der Waals surface area contributed by atoms with E-state index in [9.17, 15) is 26.4 Å². The van der Waals surface area contributed by atoms with Crippen LogP contribution in [0.3, 0.4) is 0 Å². The van der Waals surface area contributed by atoms with Crippen LogP contribution in [-0.4, -0.2) is 69.8 Å². The maximum Gasteiger partial charge on any atom is 0.416 e. The minimum atomic E-state index is -4.40. The molecule has 0 aromatic heterocycles. The second kappa shape index (κ2) is 9.70. The third-order valence-corrected chi connectivity index (χ3v) is 7.47. The number of alkyl halides is 3. The highest BCUT2D eigenvalue weighted by molar-refractivity contribution is 7.89. The number of nitrogens with one attached hydrogen (secondary N) is 1. The summed E-state index contributed by atoms with van der Waals surface area (Å²) in [4.78, 5) is 16.6. The number of carbonyl (C=O) groups excluding carboxylic acids is 1. The van der Waals surface area contributed by atoms with Crippen LogP contribution in [0.1, 0.15) is 12.5 Å². The second-order valence-corrected chi connectivity index (χ2v) is 10.2. The number of rotatable bonds is 6. The van der Waals surface area contributed by atoms with Gasteiger partial charge in [0.1, 0.15) is 0 Å². The summed E-state index contributed by atoms with van der Waals surface area (Å²) in [5.41, 5.74) is 0.187. The molecule has 1 fully saturated rings. The number of sulfonamides is 1. The molecule has 1 unspecified atom stereocenters. The Balaban J connectivity index is 1.61. The van der Waals surface area contributed by atoms with Crippen LogP contribution in [0.25, 0.3) is 0 Å². The number of anilines is 2. The summed E-state index contributed by atoms with van der Waals surface area (Å²) in [6, 6.07) is 10.8. The number of halogens is 3. The van der Waals surface area contributed by atoms with Gasteiger partial charge in [-0.3, -0.25) is 9.69 Å². The van der Waals surface area contributed by atoms with Gasteiger partial charge in [0.05, 0.1) is 16.5 Å². The number of nitrogens with zero attached hydrogens (tertiary/aromatic N) is 3. The van der Waals surface area contributed by atoms with Gasteiger partial charge in [-0.25, -0.2) is 12.7 Å². The third kappa shape index (κ3) is 5.84. The zero-order valence-electron chi connectivity index (χ0n) is 18.6. The summed E-state index contributed by atoms with van der Waals surface area (Å²) in [7, 11) is -0.761. The van der Waals surface area contributed by atoms with E-state index in [1.54, 1.807) is 25.1 Å². The normalized spacial score (nSPS) is 16.6. The van der Waals surface area contributed by atoms with Crippen LogP contribution in [-0.2, 0) is 21.0 Å². The van der Waals surface area contributed by atoms with Crippen molar-refractivity contribution in [1.82, 2.24) is 9.21 Å². The Bertz CT molecular complexity index is 1100. The molecule has 0 bridgehead atoms. The van der Waals surface area contributed by atoms with Gasteiger partial charge >= 0.3 is 6.18 Å². The zero-order valence-corrected chi connectivity index (χ0v) is 19.4. The fourth-order valence-corrected chi connectivity index (χ4v) is 4.55. The van der Waals surface area contributed by atoms with Gasteiger partial charge in [0, 0.05) is 51.6 Å². The van der Waals surface area contributed by atoms with E-state index in [0.717, 1.165) is 16.4 Å². The van der Waals surface area contributed by atoms with Gasteiger partial charge < -0.3 is 10.2 Å². The molecule has 0 radical (unpaired) electrons. The molecular formula is C22H27F3N4O3S. The Morgan fingerprint density at radius 1 is 1.03 bits per heavy atom. The molecule has 3 rings (SSSR count). The first-order valence-electron chi connectivity index (χ1n) is 10.4. The molecule has 1 aliphatic rings. The van der Waals surface area contributed by atoms with E-state index in [4.69, 9.17) is 0 Å². The average molecular weight is 485 g/mol. The van der Waals surface area contributed by atoms with E-state index >= 15 is 0 Å². The zero-order chi connectivity index (χ0) is 24.4. The molecular weight excluding hydrogens is 457 g/mol. The maximum absolute atomic E-state index is 13.0. The van der Waals surface area contributed by atoms with Gasteiger partial charge in [-0.05, 0) is 43.3 Å². The number of hydrogen-bond acceptors (Lipinski definition) is 5. The lowest BCUT2D eigenvalue weighted by molar-refractivity contribution is -0.137. The summed E-state index contributed by atoms with van der Waals surface area (Å²) in [6.07, 6.45) is -4.40. The van der Waals surface area contributed by atoms with Crippen molar-refractivity contribution in [3.63, 3.8) is 0 Å². The summed E-state index contributed by atoms with van der Waals surface area (Å²) in [5, 5.41) is 2.76. The molecule has 1 heterocycles. The van der Waals surface area contributed by atoms with Crippen LogP contribution in [0.15, 0.2) is 53.4 Å². The Morgan fingerprint density at radius 2 is 1.67 bits per heavy atom. The Hall–Kier alpha value is -2.63. The highest BCUT2D eigenvalue weighted by Crippen LogP contribution is 2.32. The quantitative estimate of drug-likeness (QED) is 0.682. The van der Waals surface area contributed by atoms with Crippen LogP contribution < -0.4 is 10.2 Å². The van der Waals surface area contributed by atoms with Crippen LogP contribution in [0.4, 0.5) is 24.5 Å². The molecule has 1 saturated heterocycles. The molecule has 1 N–H and O–H groups in total. The van der Waals surface area contributed by atoms with Crippen molar-refractivity contribution in [2.24, 2.45) is 0 Å². The van der Waals surface area contributed by atoms with Gasteiger partial charge in [-0.2, -0.15) is 13.2 Å². The molecule has 180 valence electrons. The Morgan fingerprint density at radius 3 is 2.27 bits per heavy atom. The van der Waals surface area contributed by atoms with Gasteiger partial charge in [0.25, 0.3) is 0 Å². The van der Waals surface area contributed by atoms with Crippen LogP contribution >= 0.6 is 0 Å². The first-order valence-corrected chi connectivity index (χ1v) is 11.8. The topological polar surface area (TPSA) is 73.0 Å². The Labute approximate surface area is 191 Å². The lowest BCUT2D eigenvalue weighted by atomic mass is 10.1. The fourth-order valence-electron chi connectivity index (χ4n) is 3.60. The predicted octanol–water partition coefficient (Wildman–Crippen LogP) is 3.10. The number of benzene rings is 2. The SMILES string of the molecule is CC(C(=O)Nc1cccc(S(=O)(=O)N(C)C)c1)N1CCN(c2cccc(C(F)(F)F)c2)CC1. The summed E-state index contributed by atoms with van der Waals surface area (Å²) >= 11 is 0. The minimum Gasteiger partial charge on any atom is -0.369 e. The molecule has 0 saturated carbocycles. The number of piperazine rings is 1. The molecule has 11 heteroatoms.